The first kappa shape index (κ1) is 11.9. The smallest absolute Gasteiger partial charge is 0.134 e. The van der Waals surface area contributed by atoms with E-state index >= 15 is 0 Å². The van der Waals surface area contributed by atoms with Gasteiger partial charge in [0.15, 0.2) is 0 Å². The Morgan fingerprint density at radius 1 is 1.25 bits per heavy atom. The van der Waals surface area contributed by atoms with Crippen LogP contribution in [-0.4, -0.2) is 12.1 Å². The second kappa shape index (κ2) is 5.15. The van der Waals surface area contributed by atoms with Crippen molar-refractivity contribution in [2.45, 2.75) is 37.8 Å². The average Bonchev–Trinajstić information content (AvgIpc) is 2.25. The third kappa shape index (κ3) is 2.95. The molecule has 0 aromatic heterocycles. The predicted molar refractivity (Wildman–Crippen MR) is 65.0 cm³/mol. The summed E-state index contributed by atoms with van der Waals surface area (Å²) in [4.78, 5) is 0. The molecule has 2 nitrogen and oxygen atoms in total. The Morgan fingerprint density at radius 2 is 1.94 bits per heavy atom. The Kier molecular flexibility index (Phi) is 3.82. The fourth-order valence-electron chi connectivity index (χ4n) is 1.96. The van der Waals surface area contributed by atoms with Gasteiger partial charge in [-0.05, 0) is 59.8 Å². The number of benzene rings is 1. The van der Waals surface area contributed by atoms with Gasteiger partial charge < -0.3 is 10.5 Å². The van der Waals surface area contributed by atoms with E-state index in [0.29, 0.717) is 16.3 Å². The molecule has 0 radical (unpaired) electrons. The summed E-state index contributed by atoms with van der Waals surface area (Å²) in [6.45, 7) is 0. The van der Waals surface area contributed by atoms with Gasteiger partial charge in [0.05, 0.1) is 10.6 Å². The second-order valence-electron chi connectivity index (χ2n) is 4.23. The monoisotopic (exact) mass is 287 g/mol. The molecule has 16 heavy (non-hydrogen) atoms. The Morgan fingerprint density at radius 3 is 2.56 bits per heavy atom. The van der Waals surface area contributed by atoms with Crippen molar-refractivity contribution >= 4 is 15.9 Å². The molecular weight excluding hydrogens is 273 g/mol. The second-order valence-corrected chi connectivity index (χ2v) is 5.08. The van der Waals surface area contributed by atoms with E-state index in [2.05, 4.69) is 15.9 Å². The summed E-state index contributed by atoms with van der Waals surface area (Å²) in [7, 11) is 0. The maximum Gasteiger partial charge on any atom is 0.134 e. The van der Waals surface area contributed by atoms with Crippen LogP contribution >= 0.6 is 15.9 Å². The fraction of sp³-hybridized carbons (Fsp3) is 0.500. The Balaban J connectivity index is 1.98. The highest BCUT2D eigenvalue weighted by Gasteiger charge is 2.20. The number of hydrogen-bond acceptors (Lipinski definition) is 2. The zero-order valence-electron chi connectivity index (χ0n) is 8.96. The minimum Gasteiger partial charge on any atom is -0.489 e. The van der Waals surface area contributed by atoms with Gasteiger partial charge in [0.25, 0.3) is 0 Å². The van der Waals surface area contributed by atoms with Crippen molar-refractivity contribution in [2.75, 3.05) is 0 Å². The molecule has 1 aliphatic rings. The predicted octanol–water partition coefficient (Wildman–Crippen LogP) is 3.24. The summed E-state index contributed by atoms with van der Waals surface area (Å²) in [6, 6.07) is 4.81. The lowest BCUT2D eigenvalue weighted by atomic mass is 9.94. The van der Waals surface area contributed by atoms with Crippen LogP contribution in [0.2, 0.25) is 0 Å². The van der Waals surface area contributed by atoms with Crippen molar-refractivity contribution in [3.05, 3.63) is 28.5 Å². The van der Waals surface area contributed by atoms with Crippen molar-refractivity contribution in [3.8, 4) is 5.75 Å². The first-order chi connectivity index (χ1) is 7.65. The van der Waals surface area contributed by atoms with Gasteiger partial charge in [0.1, 0.15) is 11.6 Å². The highest BCUT2D eigenvalue weighted by molar-refractivity contribution is 9.10. The first-order valence-corrected chi connectivity index (χ1v) is 6.32. The van der Waals surface area contributed by atoms with Gasteiger partial charge >= 0.3 is 0 Å². The number of hydrogen-bond donors (Lipinski definition) is 1. The molecule has 1 aromatic carbocycles. The highest BCUT2D eigenvalue weighted by Crippen LogP contribution is 2.29. The standard InChI is InChI=1S/C12H15BrFNO/c13-11-7-8(14)1-6-12(11)16-10-4-2-9(15)3-5-10/h1,6-7,9-10H,2-5,15H2. The van der Waals surface area contributed by atoms with Crippen LogP contribution in [0, 0.1) is 5.82 Å². The van der Waals surface area contributed by atoms with Gasteiger partial charge in [0.2, 0.25) is 0 Å². The third-order valence-corrected chi connectivity index (χ3v) is 3.53. The molecule has 0 saturated heterocycles. The number of ether oxygens (including phenoxy) is 1. The average molecular weight is 288 g/mol. The van der Waals surface area contributed by atoms with Gasteiger partial charge in [-0.25, -0.2) is 4.39 Å². The van der Waals surface area contributed by atoms with E-state index in [1.54, 1.807) is 6.07 Å². The summed E-state index contributed by atoms with van der Waals surface area (Å²) in [5, 5.41) is 0. The largest absolute Gasteiger partial charge is 0.489 e. The van der Waals surface area contributed by atoms with Crippen LogP contribution in [0.1, 0.15) is 25.7 Å². The van der Waals surface area contributed by atoms with Gasteiger partial charge in [-0.1, -0.05) is 0 Å². The molecule has 0 bridgehead atoms. The first-order valence-electron chi connectivity index (χ1n) is 5.52. The molecule has 1 aromatic rings. The maximum atomic E-state index is 12.9. The van der Waals surface area contributed by atoms with E-state index in [-0.39, 0.29) is 11.9 Å². The highest BCUT2D eigenvalue weighted by atomic mass is 79.9. The van der Waals surface area contributed by atoms with E-state index in [1.165, 1.54) is 12.1 Å². The molecule has 4 heteroatoms. The lowest BCUT2D eigenvalue weighted by molar-refractivity contribution is 0.146. The maximum absolute atomic E-state index is 12.9. The van der Waals surface area contributed by atoms with E-state index in [1.807, 2.05) is 0 Å². The Hall–Kier alpha value is -0.610. The van der Waals surface area contributed by atoms with Crippen LogP contribution in [0.15, 0.2) is 22.7 Å². The zero-order valence-corrected chi connectivity index (χ0v) is 10.5. The van der Waals surface area contributed by atoms with E-state index in [4.69, 9.17) is 10.5 Å². The summed E-state index contributed by atoms with van der Waals surface area (Å²) < 4.78 is 19.4. The third-order valence-electron chi connectivity index (χ3n) is 2.91. The summed E-state index contributed by atoms with van der Waals surface area (Å²) in [5.41, 5.74) is 5.83. The van der Waals surface area contributed by atoms with Crippen molar-refractivity contribution < 1.29 is 9.13 Å². The molecular formula is C12H15BrFNO. The molecule has 2 rings (SSSR count). The molecule has 2 N–H and O–H groups in total. The van der Waals surface area contributed by atoms with E-state index in [9.17, 15) is 4.39 Å². The summed E-state index contributed by atoms with van der Waals surface area (Å²) >= 11 is 3.30. The normalized spacial score (nSPS) is 25.4. The van der Waals surface area contributed by atoms with Crippen LogP contribution in [0.3, 0.4) is 0 Å². The molecule has 0 spiro atoms. The summed E-state index contributed by atoms with van der Waals surface area (Å²) in [5.74, 6) is 0.451. The number of halogens is 2. The van der Waals surface area contributed by atoms with E-state index in [0.717, 1.165) is 25.7 Å². The Bertz CT molecular complexity index is 364. The van der Waals surface area contributed by atoms with Crippen molar-refractivity contribution in [1.82, 2.24) is 0 Å². The minimum absolute atomic E-state index is 0.210. The van der Waals surface area contributed by atoms with Crippen LogP contribution in [0.5, 0.6) is 5.75 Å². The number of rotatable bonds is 2. The quantitative estimate of drug-likeness (QED) is 0.906. The van der Waals surface area contributed by atoms with Crippen molar-refractivity contribution in [1.29, 1.82) is 0 Å². The molecule has 1 saturated carbocycles. The summed E-state index contributed by atoms with van der Waals surface area (Å²) in [6.07, 6.45) is 4.17. The molecule has 0 atom stereocenters. The fourth-order valence-corrected chi connectivity index (χ4v) is 2.40. The van der Waals surface area contributed by atoms with E-state index < -0.39 is 0 Å². The lowest BCUT2D eigenvalue weighted by Gasteiger charge is -2.27. The molecule has 0 amide bonds. The molecule has 0 heterocycles. The number of nitrogens with two attached hydrogens (primary N) is 1. The van der Waals surface area contributed by atoms with Gasteiger partial charge in [-0.2, -0.15) is 0 Å². The van der Waals surface area contributed by atoms with Crippen LogP contribution in [0.25, 0.3) is 0 Å². The SMILES string of the molecule is NC1CCC(Oc2ccc(F)cc2Br)CC1. The van der Waals surface area contributed by atoms with Gasteiger partial charge in [-0.3, -0.25) is 0 Å². The van der Waals surface area contributed by atoms with Crippen LogP contribution < -0.4 is 10.5 Å². The van der Waals surface area contributed by atoms with Crippen molar-refractivity contribution in [2.24, 2.45) is 5.73 Å². The minimum atomic E-state index is -0.259. The lowest BCUT2D eigenvalue weighted by Crippen LogP contribution is -2.31. The topological polar surface area (TPSA) is 35.2 Å². The van der Waals surface area contributed by atoms with Crippen molar-refractivity contribution in [3.63, 3.8) is 0 Å². The molecule has 88 valence electrons. The zero-order chi connectivity index (χ0) is 11.5. The molecule has 1 aliphatic carbocycles. The molecule has 1 fully saturated rings. The van der Waals surface area contributed by atoms with Crippen LogP contribution in [0.4, 0.5) is 4.39 Å². The molecule has 0 unspecified atom stereocenters. The molecule has 0 aliphatic heterocycles. The van der Waals surface area contributed by atoms with Gasteiger partial charge in [0, 0.05) is 6.04 Å². The Labute approximate surface area is 103 Å². The van der Waals surface area contributed by atoms with Crippen LogP contribution in [-0.2, 0) is 0 Å². The van der Waals surface area contributed by atoms with Gasteiger partial charge in [-0.15, -0.1) is 0 Å².